The van der Waals surface area contributed by atoms with Gasteiger partial charge in [0.2, 0.25) is 0 Å². The highest BCUT2D eigenvalue weighted by Crippen LogP contribution is 2.37. The predicted molar refractivity (Wildman–Crippen MR) is 83.4 cm³/mol. The first-order chi connectivity index (χ1) is 9.57. The molecule has 0 aliphatic heterocycles. The van der Waals surface area contributed by atoms with Crippen LogP contribution in [0.15, 0.2) is 18.2 Å². The number of ether oxygens (including phenoxy) is 1. The first-order valence-corrected chi connectivity index (χ1v) is 8.03. The van der Waals surface area contributed by atoms with Crippen molar-refractivity contribution in [2.24, 2.45) is 5.41 Å². The minimum atomic E-state index is 0.295. The van der Waals surface area contributed by atoms with E-state index in [-0.39, 0.29) is 0 Å². The molecule has 0 amide bonds. The molecule has 2 aliphatic rings. The van der Waals surface area contributed by atoms with Gasteiger partial charge in [-0.05, 0) is 74.2 Å². The molecule has 0 aromatic heterocycles. The fourth-order valence-corrected chi connectivity index (χ4v) is 3.77. The molecule has 1 aromatic carbocycles. The highest BCUT2D eigenvalue weighted by molar-refractivity contribution is 5.38. The molecule has 2 heteroatoms. The molecular formula is C18H27NO. The van der Waals surface area contributed by atoms with Gasteiger partial charge in [-0.25, -0.2) is 0 Å². The molecule has 0 radical (unpaired) electrons. The molecule has 1 saturated carbocycles. The van der Waals surface area contributed by atoms with E-state index in [1.54, 1.807) is 0 Å². The molecule has 20 heavy (non-hydrogen) atoms. The standard InChI is InChI=1S/C18H27NO/c1-18(2)10-9-16(19-3)17(12-18)20-15-8-7-13-5-4-6-14(13)11-15/h7-8,11,16-17,19H,4-6,9-10,12H2,1-3H3. The molecule has 0 spiro atoms. The Labute approximate surface area is 122 Å². The number of rotatable bonds is 3. The maximum Gasteiger partial charge on any atom is 0.120 e. The van der Waals surface area contributed by atoms with Crippen molar-refractivity contribution in [3.63, 3.8) is 0 Å². The van der Waals surface area contributed by atoms with Gasteiger partial charge in [0.25, 0.3) is 0 Å². The molecule has 2 aliphatic carbocycles. The van der Waals surface area contributed by atoms with Crippen molar-refractivity contribution < 1.29 is 4.74 Å². The summed E-state index contributed by atoms with van der Waals surface area (Å²) in [5, 5.41) is 3.44. The summed E-state index contributed by atoms with van der Waals surface area (Å²) in [6.45, 7) is 4.72. The van der Waals surface area contributed by atoms with Crippen LogP contribution in [0.1, 0.15) is 50.7 Å². The van der Waals surface area contributed by atoms with Crippen LogP contribution in [-0.4, -0.2) is 19.2 Å². The number of hydrogen-bond donors (Lipinski definition) is 1. The number of aryl methyl sites for hydroxylation is 2. The number of benzene rings is 1. The lowest BCUT2D eigenvalue weighted by Crippen LogP contribution is -2.47. The average Bonchev–Trinajstić information content (AvgIpc) is 2.85. The zero-order valence-electron chi connectivity index (χ0n) is 13.0. The highest BCUT2D eigenvalue weighted by Gasteiger charge is 2.35. The molecular weight excluding hydrogens is 246 g/mol. The average molecular weight is 273 g/mol. The second-order valence-electron chi connectivity index (χ2n) is 7.24. The number of likely N-dealkylation sites (N-methyl/N-ethyl adjacent to an activating group) is 1. The Morgan fingerprint density at radius 2 is 2.00 bits per heavy atom. The molecule has 0 bridgehead atoms. The van der Waals surface area contributed by atoms with Gasteiger partial charge >= 0.3 is 0 Å². The minimum Gasteiger partial charge on any atom is -0.489 e. The summed E-state index contributed by atoms with van der Waals surface area (Å²) in [6, 6.07) is 7.19. The Hall–Kier alpha value is -1.02. The fourth-order valence-electron chi connectivity index (χ4n) is 3.77. The maximum absolute atomic E-state index is 6.36. The van der Waals surface area contributed by atoms with Gasteiger partial charge < -0.3 is 10.1 Å². The van der Waals surface area contributed by atoms with E-state index >= 15 is 0 Å². The van der Waals surface area contributed by atoms with E-state index in [1.165, 1.54) is 43.2 Å². The van der Waals surface area contributed by atoms with Crippen LogP contribution in [0.5, 0.6) is 5.75 Å². The summed E-state index contributed by atoms with van der Waals surface area (Å²) in [5.41, 5.74) is 3.42. The molecule has 0 heterocycles. The van der Waals surface area contributed by atoms with Gasteiger partial charge in [0.1, 0.15) is 11.9 Å². The zero-order valence-corrected chi connectivity index (χ0v) is 13.0. The molecule has 0 saturated heterocycles. The Morgan fingerprint density at radius 3 is 2.80 bits per heavy atom. The third-order valence-electron chi connectivity index (χ3n) is 5.06. The van der Waals surface area contributed by atoms with Crippen molar-refractivity contribution in [1.82, 2.24) is 5.32 Å². The fraction of sp³-hybridized carbons (Fsp3) is 0.667. The lowest BCUT2D eigenvalue weighted by Gasteiger charge is -2.40. The summed E-state index contributed by atoms with van der Waals surface area (Å²) < 4.78 is 6.36. The molecule has 2 unspecified atom stereocenters. The van der Waals surface area contributed by atoms with Crippen LogP contribution in [0, 0.1) is 5.41 Å². The monoisotopic (exact) mass is 273 g/mol. The zero-order chi connectivity index (χ0) is 14.2. The topological polar surface area (TPSA) is 21.3 Å². The largest absolute Gasteiger partial charge is 0.489 e. The smallest absolute Gasteiger partial charge is 0.120 e. The van der Waals surface area contributed by atoms with Gasteiger partial charge in [0.05, 0.1) is 0 Å². The third kappa shape index (κ3) is 2.85. The molecule has 1 fully saturated rings. The van der Waals surface area contributed by atoms with Crippen molar-refractivity contribution in [1.29, 1.82) is 0 Å². The first kappa shape index (κ1) is 13.9. The SMILES string of the molecule is CNC1CCC(C)(C)CC1Oc1ccc2c(c1)CCC2. The van der Waals surface area contributed by atoms with Crippen molar-refractivity contribution in [2.45, 2.75) is 64.5 Å². The van der Waals surface area contributed by atoms with E-state index in [4.69, 9.17) is 4.74 Å². The normalized spacial score (nSPS) is 28.1. The molecule has 110 valence electrons. The Kier molecular flexibility index (Phi) is 3.76. The highest BCUT2D eigenvalue weighted by atomic mass is 16.5. The van der Waals surface area contributed by atoms with E-state index in [1.807, 2.05) is 0 Å². The predicted octanol–water partition coefficient (Wildman–Crippen LogP) is 3.72. The summed E-state index contributed by atoms with van der Waals surface area (Å²) in [4.78, 5) is 0. The van der Waals surface area contributed by atoms with Crippen molar-refractivity contribution >= 4 is 0 Å². The second-order valence-corrected chi connectivity index (χ2v) is 7.24. The van der Waals surface area contributed by atoms with Crippen LogP contribution in [0.25, 0.3) is 0 Å². The molecule has 3 rings (SSSR count). The quantitative estimate of drug-likeness (QED) is 0.906. The summed E-state index contributed by atoms with van der Waals surface area (Å²) in [7, 11) is 2.06. The van der Waals surface area contributed by atoms with Crippen LogP contribution in [-0.2, 0) is 12.8 Å². The summed E-state index contributed by atoms with van der Waals surface area (Å²) >= 11 is 0. The van der Waals surface area contributed by atoms with Crippen molar-refractivity contribution in [3.8, 4) is 5.75 Å². The van der Waals surface area contributed by atoms with Gasteiger partial charge in [-0.3, -0.25) is 0 Å². The number of fused-ring (bicyclic) bond motifs is 1. The molecule has 2 atom stereocenters. The van der Waals surface area contributed by atoms with Gasteiger partial charge in [-0.1, -0.05) is 19.9 Å². The minimum absolute atomic E-state index is 0.295. The van der Waals surface area contributed by atoms with Gasteiger partial charge in [0, 0.05) is 6.04 Å². The number of hydrogen-bond acceptors (Lipinski definition) is 2. The summed E-state index contributed by atoms with van der Waals surface area (Å²) in [6.07, 6.45) is 7.68. The van der Waals surface area contributed by atoms with Gasteiger partial charge in [-0.2, -0.15) is 0 Å². The lowest BCUT2D eigenvalue weighted by atomic mass is 9.74. The number of nitrogens with one attached hydrogen (secondary N) is 1. The van der Waals surface area contributed by atoms with E-state index in [2.05, 4.69) is 44.4 Å². The lowest BCUT2D eigenvalue weighted by molar-refractivity contribution is 0.0558. The van der Waals surface area contributed by atoms with Gasteiger partial charge in [0.15, 0.2) is 0 Å². The summed E-state index contributed by atoms with van der Waals surface area (Å²) in [5.74, 6) is 1.06. The van der Waals surface area contributed by atoms with Crippen molar-refractivity contribution in [2.75, 3.05) is 7.05 Å². The molecule has 1 aromatic rings. The van der Waals surface area contributed by atoms with Crippen molar-refractivity contribution in [3.05, 3.63) is 29.3 Å². The second kappa shape index (κ2) is 5.40. The molecule has 1 N–H and O–H groups in total. The Balaban J connectivity index is 1.74. The van der Waals surface area contributed by atoms with E-state index in [0.717, 1.165) is 12.2 Å². The van der Waals surface area contributed by atoms with E-state index in [0.29, 0.717) is 17.6 Å². The molecule has 2 nitrogen and oxygen atoms in total. The maximum atomic E-state index is 6.36. The van der Waals surface area contributed by atoms with Crippen LogP contribution < -0.4 is 10.1 Å². The Bertz CT molecular complexity index is 480. The van der Waals surface area contributed by atoms with Crippen LogP contribution >= 0.6 is 0 Å². The Morgan fingerprint density at radius 1 is 1.20 bits per heavy atom. The van der Waals surface area contributed by atoms with Gasteiger partial charge in [-0.15, -0.1) is 0 Å². The first-order valence-electron chi connectivity index (χ1n) is 8.03. The third-order valence-corrected chi connectivity index (χ3v) is 5.06. The van der Waals surface area contributed by atoms with E-state index in [9.17, 15) is 0 Å². The van der Waals surface area contributed by atoms with Crippen LogP contribution in [0.3, 0.4) is 0 Å². The van der Waals surface area contributed by atoms with Crippen LogP contribution in [0.2, 0.25) is 0 Å². The van der Waals surface area contributed by atoms with E-state index < -0.39 is 0 Å². The van der Waals surface area contributed by atoms with Crippen LogP contribution in [0.4, 0.5) is 0 Å².